The van der Waals surface area contributed by atoms with Gasteiger partial charge >= 0.3 is 0 Å². The number of hydrogen-bond acceptors (Lipinski definition) is 3. The molecule has 0 radical (unpaired) electrons. The van der Waals surface area contributed by atoms with Crippen molar-refractivity contribution in [2.45, 2.75) is 17.4 Å². The normalized spacial score (nSPS) is 20.0. The van der Waals surface area contributed by atoms with Gasteiger partial charge in [-0.15, -0.1) is 0 Å². The second kappa shape index (κ2) is 3.91. The molecular weight excluding hydrogens is 269 g/mol. The van der Waals surface area contributed by atoms with Crippen LogP contribution in [0.4, 0.5) is 4.39 Å². The van der Waals surface area contributed by atoms with Crippen LogP contribution in [0.3, 0.4) is 0 Å². The Balaban J connectivity index is 2.36. The first-order valence-electron chi connectivity index (χ1n) is 4.90. The monoisotopic (exact) mass is 279 g/mol. The number of β-amino-alcohol motifs (C(OH)–C–C–N with tert-alkyl or cyclic N) is 1. The lowest BCUT2D eigenvalue weighted by Gasteiger charge is -2.42. The van der Waals surface area contributed by atoms with Crippen molar-refractivity contribution in [1.29, 1.82) is 0 Å². The quantitative estimate of drug-likeness (QED) is 0.886. The van der Waals surface area contributed by atoms with E-state index in [1.165, 1.54) is 13.0 Å². The van der Waals surface area contributed by atoms with Gasteiger partial charge in [0.05, 0.1) is 10.6 Å². The van der Waals surface area contributed by atoms with Gasteiger partial charge in [0.1, 0.15) is 10.7 Å². The smallest absolute Gasteiger partial charge is 0.244 e. The summed E-state index contributed by atoms with van der Waals surface area (Å²) in [6.07, 6.45) is 0. The molecule has 1 N–H and O–H groups in total. The molecule has 94 valence electrons. The lowest BCUT2D eigenvalue weighted by atomic mass is 10.0. The summed E-state index contributed by atoms with van der Waals surface area (Å²) in [5.74, 6) is -0.666. The van der Waals surface area contributed by atoms with E-state index in [0.717, 1.165) is 16.4 Å². The van der Waals surface area contributed by atoms with E-state index in [4.69, 9.17) is 11.6 Å². The van der Waals surface area contributed by atoms with Gasteiger partial charge in [0.2, 0.25) is 10.0 Å². The molecule has 0 atom stereocenters. The average molecular weight is 280 g/mol. The summed E-state index contributed by atoms with van der Waals surface area (Å²) < 4.78 is 38.2. The van der Waals surface area contributed by atoms with Gasteiger partial charge in [0.25, 0.3) is 0 Å². The van der Waals surface area contributed by atoms with E-state index in [1.807, 2.05) is 0 Å². The summed E-state index contributed by atoms with van der Waals surface area (Å²) >= 11 is 5.74. The van der Waals surface area contributed by atoms with Gasteiger partial charge in [0, 0.05) is 13.1 Å². The maximum atomic E-state index is 13.0. The minimum absolute atomic E-state index is 0.0117. The maximum Gasteiger partial charge on any atom is 0.244 e. The molecule has 1 aromatic carbocycles. The molecule has 1 saturated heterocycles. The van der Waals surface area contributed by atoms with Crippen LogP contribution in [0.25, 0.3) is 0 Å². The zero-order valence-corrected chi connectivity index (χ0v) is 10.6. The van der Waals surface area contributed by atoms with Crippen LogP contribution in [0.2, 0.25) is 5.02 Å². The van der Waals surface area contributed by atoms with Crippen molar-refractivity contribution in [2.75, 3.05) is 13.1 Å². The second-order valence-corrected chi connectivity index (χ2v) is 6.66. The number of benzene rings is 1. The number of rotatable bonds is 2. The van der Waals surface area contributed by atoms with Crippen LogP contribution in [0.1, 0.15) is 6.92 Å². The first kappa shape index (κ1) is 12.8. The van der Waals surface area contributed by atoms with Crippen molar-refractivity contribution in [1.82, 2.24) is 4.31 Å². The predicted molar refractivity (Wildman–Crippen MR) is 60.8 cm³/mol. The van der Waals surface area contributed by atoms with Crippen molar-refractivity contribution in [3.63, 3.8) is 0 Å². The molecule has 0 spiro atoms. The predicted octanol–water partition coefficient (Wildman–Crippen LogP) is 1.23. The van der Waals surface area contributed by atoms with E-state index in [9.17, 15) is 17.9 Å². The Labute approximate surface area is 104 Å². The van der Waals surface area contributed by atoms with E-state index in [-0.39, 0.29) is 23.0 Å². The third-order valence-electron chi connectivity index (χ3n) is 2.55. The Morgan fingerprint density at radius 1 is 1.47 bits per heavy atom. The van der Waals surface area contributed by atoms with Crippen LogP contribution in [0, 0.1) is 5.82 Å². The Morgan fingerprint density at radius 2 is 2.06 bits per heavy atom. The number of hydrogen-bond donors (Lipinski definition) is 1. The molecule has 1 aromatic rings. The van der Waals surface area contributed by atoms with E-state index >= 15 is 0 Å². The van der Waals surface area contributed by atoms with Crippen LogP contribution >= 0.6 is 11.6 Å². The second-order valence-electron chi connectivity index (χ2n) is 4.34. The number of nitrogens with zero attached hydrogens (tertiary/aromatic N) is 1. The van der Waals surface area contributed by atoms with E-state index in [1.54, 1.807) is 0 Å². The molecule has 0 bridgehead atoms. The molecule has 0 aromatic heterocycles. The van der Waals surface area contributed by atoms with Gasteiger partial charge in [-0.05, 0) is 25.1 Å². The van der Waals surface area contributed by atoms with Gasteiger partial charge in [0.15, 0.2) is 0 Å². The zero-order chi connectivity index (χ0) is 12.8. The van der Waals surface area contributed by atoms with E-state index in [0.29, 0.717) is 0 Å². The van der Waals surface area contributed by atoms with Crippen LogP contribution in [-0.2, 0) is 10.0 Å². The van der Waals surface area contributed by atoms with Gasteiger partial charge in [-0.25, -0.2) is 12.8 Å². The molecular formula is C10H11ClFNO3S. The highest BCUT2D eigenvalue weighted by Crippen LogP contribution is 2.31. The van der Waals surface area contributed by atoms with E-state index < -0.39 is 21.4 Å². The highest BCUT2D eigenvalue weighted by molar-refractivity contribution is 7.89. The highest BCUT2D eigenvalue weighted by atomic mass is 35.5. The molecule has 1 aliphatic heterocycles. The summed E-state index contributed by atoms with van der Waals surface area (Å²) in [5, 5.41) is 9.47. The Hall–Kier alpha value is -0.690. The zero-order valence-electron chi connectivity index (χ0n) is 9.02. The lowest BCUT2D eigenvalue weighted by molar-refractivity contribution is -0.0426. The standard InChI is InChI=1S/C10H11ClFNO3S/c1-10(14)5-13(6-10)17(15,16)9-4-7(12)2-3-8(9)11/h2-4,14H,5-6H2,1H3. The lowest BCUT2D eigenvalue weighted by Crippen LogP contribution is -2.61. The first-order valence-corrected chi connectivity index (χ1v) is 6.72. The van der Waals surface area contributed by atoms with Crippen molar-refractivity contribution in [2.24, 2.45) is 0 Å². The summed E-state index contributed by atoms with van der Waals surface area (Å²) in [5.41, 5.74) is -1.02. The summed E-state index contributed by atoms with van der Waals surface area (Å²) in [4.78, 5) is -0.269. The summed E-state index contributed by atoms with van der Waals surface area (Å²) in [6.45, 7) is 1.51. The molecule has 1 heterocycles. The molecule has 0 unspecified atom stereocenters. The molecule has 0 saturated carbocycles. The van der Waals surface area contributed by atoms with Crippen LogP contribution in [0.5, 0.6) is 0 Å². The molecule has 4 nitrogen and oxygen atoms in total. The van der Waals surface area contributed by atoms with Gasteiger partial charge in [-0.1, -0.05) is 11.6 Å². The van der Waals surface area contributed by atoms with Gasteiger partial charge < -0.3 is 5.11 Å². The van der Waals surface area contributed by atoms with Crippen molar-refractivity contribution in [3.8, 4) is 0 Å². The fourth-order valence-corrected chi connectivity index (χ4v) is 3.86. The number of sulfonamides is 1. The van der Waals surface area contributed by atoms with Gasteiger partial charge in [-0.3, -0.25) is 0 Å². The van der Waals surface area contributed by atoms with Crippen molar-refractivity contribution < 1.29 is 17.9 Å². The molecule has 2 rings (SSSR count). The summed E-state index contributed by atoms with van der Waals surface area (Å²) in [7, 11) is -3.83. The minimum Gasteiger partial charge on any atom is -0.387 e. The number of aliphatic hydroxyl groups is 1. The average Bonchev–Trinajstić information content (AvgIpc) is 2.18. The molecule has 1 fully saturated rings. The topological polar surface area (TPSA) is 57.6 Å². The Bertz CT molecular complexity index is 551. The highest BCUT2D eigenvalue weighted by Gasteiger charge is 2.44. The molecule has 1 aliphatic rings. The fourth-order valence-electron chi connectivity index (χ4n) is 1.70. The number of halogens is 2. The molecule has 0 aliphatic carbocycles. The van der Waals surface area contributed by atoms with E-state index in [2.05, 4.69) is 0 Å². The minimum atomic E-state index is -3.83. The Morgan fingerprint density at radius 3 is 2.59 bits per heavy atom. The summed E-state index contributed by atoms with van der Waals surface area (Å²) in [6, 6.07) is 3.17. The fraction of sp³-hybridized carbons (Fsp3) is 0.400. The molecule has 0 amide bonds. The first-order chi connectivity index (χ1) is 7.72. The van der Waals surface area contributed by atoms with Crippen LogP contribution in [0.15, 0.2) is 23.1 Å². The Kier molecular flexibility index (Phi) is 2.94. The largest absolute Gasteiger partial charge is 0.387 e. The third kappa shape index (κ3) is 2.30. The van der Waals surface area contributed by atoms with Gasteiger partial charge in [-0.2, -0.15) is 4.31 Å². The molecule has 17 heavy (non-hydrogen) atoms. The molecule has 7 heteroatoms. The SMILES string of the molecule is CC1(O)CN(S(=O)(=O)c2cc(F)ccc2Cl)C1. The van der Waals surface area contributed by atoms with Crippen LogP contribution < -0.4 is 0 Å². The van der Waals surface area contributed by atoms with Crippen molar-refractivity contribution in [3.05, 3.63) is 29.0 Å². The maximum absolute atomic E-state index is 13.0. The third-order valence-corrected chi connectivity index (χ3v) is 4.82. The van der Waals surface area contributed by atoms with Crippen molar-refractivity contribution >= 4 is 21.6 Å². The van der Waals surface area contributed by atoms with Crippen LogP contribution in [-0.4, -0.2) is 36.5 Å².